The van der Waals surface area contributed by atoms with Gasteiger partial charge in [0.25, 0.3) is 0 Å². The number of nitrogens with zero attached hydrogens (tertiary/aromatic N) is 1. The maximum Gasteiger partial charge on any atom is 0.225 e. The second-order valence-corrected chi connectivity index (χ2v) is 6.02. The SMILES string of the molecule is Nc1onc(C2CCCCC2)c1C1CCCCC1. The second kappa shape index (κ2) is 5.33. The molecule has 2 fully saturated rings. The standard InChI is InChI=1S/C15H24N2O/c16-15-13(11-7-3-1-4-8-11)14(17-18-15)12-9-5-2-6-10-12/h11-12H,1-10,16H2. The molecule has 2 saturated carbocycles. The quantitative estimate of drug-likeness (QED) is 0.846. The summed E-state index contributed by atoms with van der Waals surface area (Å²) in [4.78, 5) is 0. The molecule has 100 valence electrons. The summed E-state index contributed by atoms with van der Waals surface area (Å²) < 4.78 is 5.33. The minimum atomic E-state index is 0.600. The summed E-state index contributed by atoms with van der Waals surface area (Å²) in [5.74, 6) is 1.82. The lowest BCUT2D eigenvalue weighted by Gasteiger charge is -2.25. The largest absolute Gasteiger partial charge is 0.367 e. The molecule has 0 radical (unpaired) electrons. The van der Waals surface area contributed by atoms with Crippen LogP contribution in [0.5, 0.6) is 0 Å². The van der Waals surface area contributed by atoms with Crippen LogP contribution in [0.25, 0.3) is 0 Å². The van der Waals surface area contributed by atoms with Gasteiger partial charge in [0.05, 0.1) is 5.69 Å². The zero-order valence-electron chi connectivity index (χ0n) is 11.2. The zero-order valence-corrected chi connectivity index (χ0v) is 11.2. The molecule has 3 nitrogen and oxygen atoms in total. The lowest BCUT2D eigenvalue weighted by atomic mass is 9.79. The minimum Gasteiger partial charge on any atom is -0.367 e. The number of nitrogen functional groups attached to an aromatic ring is 1. The molecule has 0 aromatic carbocycles. The predicted molar refractivity (Wildman–Crippen MR) is 72.6 cm³/mol. The third kappa shape index (κ3) is 2.27. The smallest absolute Gasteiger partial charge is 0.225 e. The van der Waals surface area contributed by atoms with Gasteiger partial charge in [-0.1, -0.05) is 43.7 Å². The van der Waals surface area contributed by atoms with Crippen molar-refractivity contribution in [1.82, 2.24) is 5.16 Å². The van der Waals surface area contributed by atoms with Crippen molar-refractivity contribution in [3.8, 4) is 0 Å². The molecule has 0 spiro atoms. The van der Waals surface area contributed by atoms with Crippen molar-refractivity contribution in [2.45, 2.75) is 76.0 Å². The highest BCUT2D eigenvalue weighted by molar-refractivity contribution is 5.43. The molecule has 0 atom stereocenters. The number of hydrogen-bond donors (Lipinski definition) is 1. The first kappa shape index (κ1) is 12.1. The van der Waals surface area contributed by atoms with Crippen molar-refractivity contribution in [2.24, 2.45) is 0 Å². The number of aromatic nitrogens is 1. The Morgan fingerprint density at radius 1 is 0.833 bits per heavy atom. The van der Waals surface area contributed by atoms with Gasteiger partial charge < -0.3 is 10.3 Å². The van der Waals surface area contributed by atoms with Gasteiger partial charge >= 0.3 is 0 Å². The molecular formula is C15H24N2O. The van der Waals surface area contributed by atoms with Crippen molar-refractivity contribution in [3.63, 3.8) is 0 Å². The molecule has 0 amide bonds. The highest BCUT2D eigenvalue weighted by Gasteiger charge is 2.29. The van der Waals surface area contributed by atoms with E-state index >= 15 is 0 Å². The van der Waals surface area contributed by atoms with Crippen LogP contribution in [0.2, 0.25) is 0 Å². The maximum atomic E-state index is 6.05. The summed E-state index contributed by atoms with van der Waals surface area (Å²) >= 11 is 0. The van der Waals surface area contributed by atoms with Crippen molar-refractivity contribution < 1.29 is 4.52 Å². The van der Waals surface area contributed by atoms with Crippen LogP contribution in [-0.2, 0) is 0 Å². The summed E-state index contributed by atoms with van der Waals surface area (Å²) in [7, 11) is 0. The third-order valence-corrected chi connectivity index (χ3v) is 4.79. The fourth-order valence-electron chi connectivity index (χ4n) is 3.79. The van der Waals surface area contributed by atoms with E-state index in [9.17, 15) is 0 Å². The van der Waals surface area contributed by atoms with E-state index in [1.165, 1.54) is 75.5 Å². The van der Waals surface area contributed by atoms with E-state index in [0.717, 1.165) is 0 Å². The van der Waals surface area contributed by atoms with Gasteiger partial charge in [-0.3, -0.25) is 0 Å². The summed E-state index contributed by atoms with van der Waals surface area (Å²) in [6.07, 6.45) is 13.2. The fourth-order valence-corrected chi connectivity index (χ4v) is 3.79. The molecule has 3 heteroatoms. The van der Waals surface area contributed by atoms with Gasteiger partial charge in [-0.05, 0) is 31.6 Å². The molecule has 0 bridgehead atoms. The molecular weight excluding hydrogens is 224 g/mol. The Bertz CT molecular complexity index is 387. The zero-order chi connectivity index (χ0) is 12.4. The number of nitrogens with two attached hydrogens (primary N) is 1. The molecule has 2 N–H and O–H groups in total. The van der Waals surface area contributed by atoms with Gasteiger partial charge in [-0.2, -0.15) is 0 Å². The first-order chi connectivity index (χ1) is 8.86. The molecule has 0 saturated heterocycles. The first-order valence-corrected chi connectivity index (χ1v) is 7.61. The van der Waals surface area contributed by atoms with Crippen molar-refractivity contribution >= 4 is 5.88 Å². The lowest BCUT2D eigenvalue weighted by molar-refractivity contribution is 0.386. The molecule has 1 aromatic rings. The Balaban J connectivity index is 1.85. The number of hydrogen-bond acceptors (Lipinski definition) is 3. The molecule has 2 aliphatic rings. The van der Waals surface area contributed by atoms with E-state index in [4.69, 9.17) is 10.3 Å². The van der Waals surface area contributed by atoms with Crippen molar-refractivity contribution in [2.75, 3.05) is 5.73 Å². The first-order valence-electron chi connectivity index (χ1n) is 7.61. The van der Waals surface area contributed by atoms with E-state index in [1.807, 2.05) is 0 Å². The Labute approximate surface area is 109 Å². The highest BCUT2D eigenvalue weighted by Crippen LogP contribution is 2.42. The van der Waals surface area contributed by atoms with Gasteiger partial charge in [0.2, 0.25) is 5.88 Å². The third-order valence-electron chi connectivity index (χ3n) is 4.79. The Morgan fingerprint density at radius 2 is 1.39 bits per heavy atom. The van der Waals surface area contributed by atoms with Crippen LogP contribution < -0.4 is 5.73 Å². The monoisotopic (exact) mass is 248 g/mol. The maximum absolute atomic E-state index is 6.05. The highest BCUT2D eigenvalue weighted by atomic mass is 16.5. The van der Waals surface area contributed by atoms with Gasteiger partial charge in [0.1, 0.15) is 0 Å². The fraction of sp³-hybridized carbons (Fsp3) is 0.800. The van der Waals surface area contributed by atoms with Crippen molar-refractivity contribution in [3.05, 3.63) is 11.3 Å². The number of rotatable bonds is 2. The number of anilines is 1. The summed E-state index contributed by atoms with van der Waals surface area (Å²) in [5.41, 5.74) is 8.54. The molecule has 1 heterocycles. The molecule has 3 rings (SSSR count). The van der Waals surface area contributed by atoms with Crippen LogP contribution in [0.15, 0.2) is 4.52 Å². The van der Waals surface area contributed by atoms with E-state index in [1.54, 1.807) is 0 Å². The van der Waals surface area contributed by atoms with E-state index < -0.39 is 0 Å². The summed E-state index contributed by atoms with van der Waals surface area (Å²) in [5, 5.41) is 4.31. The van der Waals surface area contributed by atoms with E-state index in [-0.39, 0.29) is 0 Å². The Kier molecular flexibility index (Phi) is 3.57. The lowest BCUT2D eigenvalue weighted by Crippen LogP contribution is -2.12. The topological polar surface area (TPSA) is 52.0 Å². The van der Waals surface area contributed by atoms with Gasteiger partial charge in [-0.25, -0.2) is 0 Å². The molecule has 1 aromatic heterocycles. The van der Waals surface area contributed by atoms with Crippen LogP contribution >= 0.6 is 0 Å². The van der Waals surface area contributed by atoms with E-state index in [0.29, 0.717) is 17.7 Å². The van der Waals surface area contributed by atoms with Crippen LogP contribution in [0.4, 0.5) is 5.88 Å². The molecule has 2 aliphatic carbocycles. The summed E-state index contributed by atoms with van der Waals surface area (Å²) in [6, 6.07) is 0. The van der Waals surface area contributed by atoms with Crippen LogP contribution in [0.1, 0.15) is 87.3 Å². The van der Waals surface area contributed by atoms with Crippen LogP contribution in [-0.4, -0.2) is 5.16 Å². The van der Waals surface area contributed by atoms with Crippen molar-refractivity contribution in [1.29, 1.82) is 0 Å². The Morgan fingerprint density at radius 3 is 2.00 bits per heavy atom. The van der Waals surface area contributed by atoms with Crippen LogP contribution in [0, 0.1) is 0 Å². The average molecular weight is 248 g/mol. The summed E-state index contributed by atoms with van der Waals surface area (Å²) in [6.45, 7) is 0. The van der Waals surface area contributed by atoms with E-state index in [2.05, 4.69) is 5.16 Å². The predicted octanol–water partition coefficient (Wildman–Crippen LogP) is 4.35. The molecule has 0 unspecified atom stereocenters. The average Bonchev–Trinajstić information content (AvgIpc) is 2.83. The normalized spacial score (nSPS) is 23.3. The molecule has 18 heavy (non-hydrogen) atoms. The van der Waals surface area contributed by atoms with Gasteiger partial charge in [-0.15, -0.1) is 0 Å². The van der Waals surface area contributed by atoms with Gasteiger partial charge in [0.15, 0.2) is 0 Å². The van der Waals surface area contributed by atoms with Crippen LogP contribution in [0.3, 0.4) is 0 Å². The Hall–Kier alpha value is -0.990. The second-order valence-electron chi connectivity index (χ2n) is 6.02. The minimum absolute atomic E-state index is 0.600. The molecule has 0 aliphatic heterocycles. The van der Waals surface area contributed by atoms with Gasteiger partial charge in [0, 0.05) is 11.5 Å².